The predicted octanol–water partition coefficient (Wildman–Crippen LogP) is 1.21. The van der Waals surface area contributed by atoms with Crippen molar-refractivity contribution in [2.24, 2.45) is 23.5 Å². The minimum atomic E-state index is 0.139. The molecule has 4 atom stereocenters. The van der Waals surface area contributed by atoms with Crippen LogP contribution in [0.2, 0.25) is 0 Å². The van der Waals surface area contributed by atoms with Gasteiger partial charge >= 0.3 is 0 Å². The van der Waals surface area contributed by atoms with Gasteiger partial charge in [0.1, 0.15) is 0 Å². The molecule has 3 N–H and O–H groups in total. The van der Waals surface area contributed by atoms with E-state index >= 15 is 0 Å². The molecule has 1 amide bonds. The third-order valence-electron chi connectivity index (χ3n) is 4.64. The van der Waals surface area contributed by atoms with E-state index in [-0.39, 0.29) is 17.9 Å². The summed E-state index contributed by atoms with van der Waals surface area (Å²) in [6, 6.07) is 0.209. The van der Waals surface area contributed by atoms with Gasteiger partial charge in [0.05, 0.1) is 0 Å². The van der Waals surface area contributed by atoms with Crippen LogP contribution >= 0.6 is 0 Å². The monoisotopic (exact) mass is 267 g/mol. The van der Waals surface area contributed by atoms with E-state index in [0.29, 0.717) is 11.8 Å². The summed E-state index contributed by atoms with van der Waals surface area (Å²) in [7, 11) is 2.16. The number of nitrogens with zero attached hydrogens (tertiary/aromatic N) is 1. The van der Waals surface area contributed by atoms with Crippen molar-refractivity contribution in [1.82, 2.24) is 10.2 Å². The van der Waals surface area contributed by atoms with Gasteiger partial charge < -0.3 is 16.0 Å². The van der Waals surface area contributed by atoms with Gasteiger partial charge in [-0.3, -0.25) is 4.79 Å². The highest BCUT2D eigenvalue weighted by Crippen LogP contribution is 2.28. The number of rotatable bonds is 3. The van der Waals surface area contributed by atoms with E-state index in [2.05, 4.69) is 24.2 Å². The average molecular weight is 267 g/mol. The molecule has 110 valence electrons. The van der Waals surface area contributed by atoms with Crippen LogP contribution in [0.5, 0.6) is 0 Å². The number of piperidine rings is 1. The van der Waals surface area contributed by atoms with Gasteiger partial charge in [-0.2, -0.15) is 0 Å². The Morgan fingerprint density at radius 2 is 2.16 bits per heavy atom. The molecule has 2 aliphatic rings. The average Bonchev–Trinajstić information content (AvgIpc) is 2.35. The summed E-state index contributed by atoms with van der Waals surface area (Å²) in [6.45, 7) is 5.35. The Morgan fingerprint density at radius 3 is 2.84 bits per heavy atom. The van der Waals surface area contributed by atoms with Gasteiger partial charge in [-0.05, 0) is 57.5 Å². The van der Waals surface area contributed by atoms with Crippen LogP contribution in [-0.4, -0.2) is 43.5 Å². The molecule has 1 heterocycles. The number of amides is 1. The fraction of sp³-hybridized carbons (Fsp3) is 0.933. The number of carbonyl (C=O) groups is 1. The summed E-state index contributed by atoms with van der Waals surface area (Å²) < 4.78 is 0. The fourth-order valence-corrected chi connectivity index (χ4v) is 3.70. The van der Waals surface area contributed by atoms with E-state index in [1.54, 1.807) is 0 Å². The van der Waals surface area contributed by atoms with E-state index in [1.165, 1.54) is 19.4 Å². The lowest BCUT2D eigenvalue weighted by atomic mass is 9.79. The highest BCUT2D eigenvalue weighted by molar-refractivity contribution is 5.78. The Morgan fingerprint density at radius 1 is 1.37 bits per heavy atom. The summed E-state index contributed by atoms with van der Waals surface area (Å²) in [4.78, 5) is 14.6. The van der Waals surface area contributed by atoms with Crippen LogP contribution < -0.4 is 11.1 Å². The molecule has 1 aliphatic heterocycles. The second-order valence-corrected chi connectivity index (χ2v) is 6.78. The van der Waals surface area contributed by atoms with Gasteiger partial charge in [0.25, 0.3) is 0 Å². The van der Waals surface area contributed by atoms with Gasteiger partial charge in [0.15, 0.2) is 0 Å². The Kier molecular flexibility index (Phi) is 5.22. The first-order valence-corrected chi connectivity index (χ1v) is 7.76. The molecule has 1 saturated heterocycles. The number of carbonyl (C=O) groups excluding carboxylic acids is 1. The molecule has 1 aliphatic carbocycles. The highest BCUT2D eigenvalue weighted by atomic mass is 16.1. The minimum Gasteiger partial charge on any atom is -0.356 e. The Bertz CT molecular complexity index is 298. The van der Waals surface area contributed by atoms with Gasteiger partial charge in [-0.15, -0.1) is 0 Å². The third kappa shape index (κ3) is 4.46. The molecule has 0 aromatic carbocycles. The SMILES string of the molecule is CC1CC(N)CC(C(=O)NCC2CCCN(C)C2)C1. The Labute approximate surface area is 117 Å². The van der Waals surface area contributed by atoms with Crippen LogP contribution in [0.25, 0.3) is 0 Å². The van der Waals surface area contributed by atoms with Crippen LogP contribution in [0.4, 0.5) is 0 Å². The van der Waals surface area contributed by atoms with E-state index in [1.807, 2.05) is 0 Å². The first kappa shape index (κ1) is 14.8. The van der Waals surface area contributed by atoms with Crippen molar-refractivity contribution in [3.63, 3.8) is 0 Å². The Balaban J connectivity index is 1.74. The van der Waals surface area contributed by atoms with E-state index in [0.717, 1.165) is 32.4 Å². The number of nitrogens with two attached hydrogens (primary N) is 1. The number of nitrogens with one attached hydrogen (secondary N) is 1. The van der Waals surface area contributed by atoms with Gasteiger partial charge in [-0.1, -0.05) is 6.92 Å². The standard InChI is InChI=1S/C15H29N3O/c1-11-6-13(8-14(16)7-11)15(19)17-9-12-4-3-5-18(2)10-12/h11-14H,3-10,16H2,1-2H3,(H,17,19). The van der Waals surface area contributed by atoms with Gasteiger partial charge in [-0.25, -0.2) is 0 Å². The summed E-state index contributed by atoms with van der Waals surface area (Å²) in [5.74, 6) is 1.58. The molecule has 0 spiro atoms. The lowest BCUT2D eigenvalue weighted by Crippen LogP contribution is -2.43. The first-order chi connectivity index (χ1) is 9.04. The van der Waals surface area contributed by atoms with Crippen LogP contribution in [0.15, 0.2) is 0 Å². The molecule has 0 bridgehead atoms. The van der Waals surface area contributed by atoms with E-state index in [4.69, 9.17) is 5.73 Å². The zero-order valence-electron chi connectivity index (χ0n) is 12.4. The van der Waals surface area contributed by atoms with E-state index < -0.39 is 0 Å². The largest absolute Gasteiger partial charge is 0.356 e. The van der Waals surface area contributed by atoms with Crippen LogP contribution in [0, 0.1) is 17.8 Å². The molecule has 0 aromatic rings. The zero-order chi connectivity index (χ0) is 13.8. The number of hydrogen-bond donors (Lipinski definition) is 2. The van der Waals surface area contributed by atoms with Gasteiger partial charge in [0.2, 0.25) is 5.91 Å². The quantitative estimate of drug-likeness (QED) is 0.808. The normalized spacial score (nSPS) is 37.0. The topological polar surface area (TPSA) is 58.4 Å². The number of hydrogen-bond acceptors (Lipinski definition) is 3. The molecule has 4 nitrogen and oxygen atoms in total. The van der Waals surface area contributed by atoms with E-state index in [9.17, 15) is 4.79 Å². The molecule has 19 heavy (non-hydrogen) atoms. The maximum absolute atomic E-state index is 12.2. The molecular weight excluding hydrogens is 238 g/mol. The molecule has 2 fully saturated rings. The summed E-state index contributed by atoms with van der Waals surface area (Å²) in [6.07, 6.45) is 5.43. The van der Waals surface area contributed by atoms with Crippen molar-refractivity contribution >= 4 is 5.91 Å². The molecule has 4 heteroatoms. The van der Waals surface area contributed by atoms with Crippen LogP contribution in [0.3, 0.4) is 0 Å². The van der Waals surface area contributed by atoms with Crippen molar-refractivity contribution in [1.29, 1.82) is 0 Å². The molecule has 1 saturated carbocycles. The summed E-state index contributed by atoms with van der Waals surface area (Å²) >= 11 is 0. The van der Waals surface area contributed by atoms with Gasteiger partial charge in [0, 0.05) is 25.0 Å². The zero-order valence-corrected chi connectivity index (χ0v) is 12.4. The molecule has 0 aromatic heterocycles. The van der Waals surface area contributed by atoms with Crippen molar-refractivity contribution in [3.8, 4) is 0 Å². The number of likely N-dealkylation sites (tertiary alicyclic amines) is 1. The second kappa shape index (κ2) is 6.71. The highest BCUT2D eigenvalue weighted by Gasteiger charge is 2.29. The maximum atomic E-state index is 12.2. The van der Waals surface area contributed by atoms with Crippen molar-refractivity contribution in [2.45, 2.75) is 45.1 Å². The fourth-order valence-electron chi connectivity index (χ4n) is 3.70. The lowest BCUT2D eigenvalue weighted by molar-refractivity contribution is -0.126. The first-order valence-electron chi connectivity index (χ1n) is 7.76. The molecule has 0 radical (unpaired) electrons. The summed E-state index contributed by atoms with van der Waals surface area (Å²) in [5, 5.41) is 3.16. The maximum Gasteiger partial charge on any atom is 0.223 e. The second-order valence-electron chi connectivity index (χ2n) is 6.78. The third-order valence-corrected chi connectivity index (χ3v) is 4.64. The van der Waals surface area contributed by atoms with Crippen LogP contribution in [0.1, 0.15) is 39.0 Å². The Hall–Kier alpha value is -0.610. The summed E-state index contributed by atoms with van der Waals surface area (Å²) in [5.41, 5.74) is 6.02. The minimum absolute atomic E-state index is 0.139. The smallest absolute Gasteiger partial charge is 0.223 e. The molecule has 4 unspecified atom stereocenters. The molecule has 2 rings (SSSR count). The van der Waals surface area contributed by atoms with Crippen molar-refractivity contribution in [2.75, 3.05) is 26.7 Å². The van der Waals surface area contributed by atoms with Crippen molar-refractivity contribution in [3.05, 3.63) is 0 Å². The van der Waals surface area contributed by atoms with Crippen LogP contribution in [-0.2, 0) is 4.79 Å². The van der Waals surface area contributed by atoms with Crippen molar-refractivity contribution < 1.29 is 4.79 Å². The lowest BCUT2D eigenvalue weighted by Gasteiger charge is -2.32. The predicted molar refractivity (Wildman–Crippen MR) is 77.7 cm³/mol. The molecular formula is C15H29N3O.